The molecule has 0 heterocycles. The Morgan fingerprint density at radius 1 is 0.786 bits per heavy atom. The number of rotatable bonds is 4. The molecule has 0 amide bonds. The molecule has 0 radical (unpaired) electrons. The molecule has 1 saturated carbocycles. The lowest BCUT2D eigenvalue weighted by Gasteiger charge is -2.23. The average Bonchev–Trinajstić information content (AvgIpc) is 2.75. The van der Waals surface area contributed by atoms with Crippen molar-refractivity contribution in [2.45, 2.75) is 38.6 Å². The van der Waals surface area contributed by atoms with Crippen molar-refractivity contribution in [3.63, 3.8) is 0 Å². The van der Waals surface area contributed by atoms with E-state index in [1.54, 1.807) is 0 Å². The molecule has 1 fully saturated rings. The Morgan fingerprint density at radius 3 is 2.04 bits per heavy atom. The first-order chi connectivity index (χ1) is 13.7. The Kier molecular flexibility index (Phi) is 5.57. The van der Waals surface area contributed by atoms with E-state index < -0.39 is 0 Å². The van der Waals surface area contributed by atoms with Crippen LogP contribution in [-0.4, -0.2) is 17.4 Å². The molecule has 0 aromatic heterocycles. The molecule has 1 N–H and O–H groups in total. The third kappa shape index (κ3) is 4.17. The van der Waals surface area contributed by atoms with Crippen molar-refractivity contribution in [2.24, 2.45) is 10.9 Å². The second kappa shape index (κ2) is 8.43. The third-order valence-corrected chi connectivity index (χ3v) is 5.74. The maximum Gasteiger partial charge on any atom is 0.132 e. The van der Waals surface area contributed by atoms with Gasteiger partial charge in [0.2, 0.25) is 0 Å². The van der Waals surface area contributed by atoms with Crippen molar-refractivity contribution in [1.82, 2.24) is 0 Å². The maximum atomic E-state index is 11.0. The van der Waals surface area contributed by atoms with Crippen LogP contribution in [0.1, 0.15) is 38.2 Å². The van der Waals surface area contributed by atoms with Crippen LogP contribution in [0.25, 0.3) is 22.3 Å². The van der Waals surface area contributed by atoms with Crippen molar-refractivity contribution >= 4 is 6.21 Å². The zero-order chi connectivity index (χ0) is 19.3. The number of aromatic hydroxyl groups is 1. The van der Waals surface area contributed by atoms with Gasteiger partial charge in [0.1, 0.15) is 5.75 Å². The molecule has 0 bridgehead atoms. The molecule has 2 nitrogen and oxygen atoms in total. The summed E-state index contributed by atoms with van der Waals surface area (Å²) >= 11 is 0. The zero-order valence-corrected chi connectivity index (χ0v) is 16.4. The first-order valence-corrected chi connectivity index (χ1v) is 10.2. The lowest BCUT2D eigenvalue weighted by atomic mass is 9.88. The molecule has 4 rings (SSSR count). The Morgan fingerprint density at radius 2 is 1.39 bits per heavy atom. The van der Waals surface area contributed by atoms with E-state index in [1.165, 1.54) is 12.8 Å². The lowest BCUT2D eigenvalue weighted by Crippen LogP contribution is -2.15. The molecule has 0 aliphatic heterocycles. The van der Waals surface area contributed by atoms with Crippen molar-refractivity contribution < 1.29 is 5.11 Å². The molecule has 3 aromatic rings. The number of hydrogen-bond acceptors (Lipinski definition) is 2. The molecular formula is C26H27NO. The fourth-order valence-electron chi connectivity index (χ4n) is 3.97. The van der Waals surface area contributed by atoms with E-state index in [-0.39, 0.29) is 0 Å². The van der Waals surface area contributed by atoms with Crippen LogP contribution in [0.5, 0.6) is 5.75 Å². The zero-order valence-electron chi connectivity index (χ0n) is 16.4. The van der Waals surface area contributed by atoms with Gasteiger partial charge in [0.15, 0.2) is 0 Å². The molecule has 142 valence electrons. The Hall–Kier alpha value is -2.87. The predicted octanol–water partition coefficient (Wildman–Crippen LogP) is 6.72. The Labute approximate surface area is 167 Å². The van der Waals surface area contributed by atoms with Crippen molar-refractivity contribution in [3.05, 3.63) is 78.4 Å². The molecule has 0 spiro atoms. The van der Waals surface area contributed by atoms with Gasteiger partial charge in [-0.15, -0.1) is 0 Å². The van der Waals surface area contributed by atoms with Crippen molar-refractivity contribution in [2.75, 3.05) is 0 Å². The Balaban J connectivity index is 1.74. The molecule has 1 aliphatic carbocycles. The van der Waals surface area contributed by atoms with Gasteiger partial charge in [-0.25, -0.2) is 0 Å². The monoisotopic (exact) mass is 369 g/mol. The number of phenols is 1. The summed E-state index contributed by atoms with van der Waals surface area (Å²) in [7, 11) is 0. The second-order valence-electron chi connectivity index (χ2n) is 7.89. The molecule has 2 heteroatoms. The van der Waals surface area contributed by atoms with Gasteiger partial charge in [0.25, 0.3) is 0 Å². The van der Waals surface area contributed by atoms with Crippen LogP contribution in [0, 0.1) is 5.92 Å². The fourth-order valence-corrected chi connectivity index (χ4v) is 3.97. The summed E-state index contributed by atoms with van der Waals surface area (Å²) in [6.45, 7) is 2.32. The summed E-state index contributed by atoms with van der Waals surface area (Å²) in [5.74, 6) is 1.12. The van der Waals surface area contributed by atoms with Crippen LogP contribution in [0.3, 0.4) is 0 Å². The number of aliphatic imine (C=N–C) groups is 1. The van der Waals surface area contributed by atoms with Gasteiger partial charge >= 0.3 is 0 Å². The average molecular weight is 370 g/mol. The molecule has 1 aliphatic rings. The molecule has 0 atom stereocenters. The van der Waals surface area contributed by atoms with Gasteiger partial charge < -0.3 is 5.11 Å². The second-order valence-corrected chi connectivity index (χ2v) is 7.89. The highest BCUT2D eigenvalue weighted by molar-refractivity contribution is 5.92. The van der Waals surface area contributed by atoms with E-state index in [0.717, 1.165) is 46.6 Å². The summed E-state index contributed by atoms with van der Waals surface area (Å²) < 4.78 is 0. The van der Waals surface area contributed by atoms with Crippen LogP contribution >= 0.6 is 0 Å². The fraction of sp³-hybridized carbons (Fsp3) is 0.269. The van der Waals surface area contributed by atoms with E-state index in [1.807, 2.05) is 60.8 Å². The summed E-state index contributed by atoms with van der Waals surface area (Å²) in [5, 5.41) is 11.0. The number of phenolic OH excluding ortho intramolecular Hbond substituents is 1. The van der Waals surface area contributed by atoms with E-state index in [4.69, 9.17) is 4.99 Å². The first kappa shape index (κ1) is 18.5. The summed E-state index contributed by atoms with van der Waals surface area (Å²) in [6, 6.07) is 24.9. The quantitative estimate of drug-likeness (QED) is 0.508. The number of nitrogens with zero attached hydrogens (tertiary/aromatic N) is 1. The van der Waals surface area contributed by atoms with E-state index in [2.05, 4.69) is 25.1 Å². The highest BCUT2D eigenvalue weighted by atomic mass is 16.3. The molecular weight excluding hydrogens is 342 g/mol. The lowest BCUT2D eigenvalue weighted by molar-refractivity contribution is 0.350. The van der Waals surface area contributed by atoms with Crippen molar-refractivity contribution in [3.8, 4) is 28.0 Å². The summed E-state index contributed by atoms with van der Waals surface area (Å²) in [5.41, 5.74) is 4.88. The Bertz CT molecular complexity index is 939. The predicted molar refractivity (Wildman–Crippen MR) is 118 cm³/mol. The highest BCUT2D eigenvalue weighted by Crippen LogP contribution is 2.36. The van der Waals surface area contributed by atoms with Gasteiger partial charge in [0, 0.05) is 23.4 Å². The van der Waals surface area contributed by atoms with E-state index >= 15 is 0 Å². The molecule has 28 heavy (non-hydrogen) atoms. The van der Waals surface area contributed by atoms with E-state index in [9.17, 15) is 5.11 Å². The topological polar surface area (TPSA) is 32.6 Å². The van der Waals surface area contributed by atoms with Crippen LogP contribution in [0.2, 0.25) is 0 Å². The largest absolute Gasteiger partial charge is 0.507 e. The van der Waals surface area contributed by atoms with Crippen LogP contribution in [0.4, 0.5) is 0 Å². The SMILES string of the molecule is CC1CCC(N=Cc2cc(-c3ccccc3)cc(-c3ccccc3)c2O)CC1. The minimum Gasteiger partial charge on any atom is -0.507 e. The maximum absolute atomic E-state index is 11.0. The smallest absolute Gasteiger partial charge is 0.132 e. The van der Waals surface area contributed by atoms with Gasteiger partial charge in [-0.3, -0.25) is 4.99 Å². The molecule has 0 unspecified atom stereocenters. The first-order valence-electron chi connectivity index (χ1n) is 10.2. The van der Waals surface area contributed by atoms with Gasteiger partial charge in [-0.2, -0.15) is 0 Å². The van der Waals surface area contributed by atoms with Gasteiger partial charge in [0.05, 0.1) is 0 Å². The van der Waals surface area contributed by atoms with Gasteiger partial charge in [-0.05, 0) is 60.4 Å². The molecule has 3 aromatic carbocycles. The third-order valence-electron chi connectivity index (χ3n) is 5.74. The van der Waals surface area contributed by atoms with Crippen LogP contribution < -0.4 is 0 Å². The summed E-state index contributed by atoms with van der Waals surface area (Å²) in [4.78, 5) is 4.83. The highest BCUT2D eigenvalue weighted by Gasteiger charge is 2.17. The minimum absolute atomic E-state index is 0.304. The minimum atomic E-state index is 0.304. The number of benzene rings is 3. The van der Waals surface area contributed by atoms with E-state index in [0.29, 0.717) is 11.8 Å². The van der Waals surface area contributed by atoms with Gasteiger partial charge in [-0.1, -0.05) is 67.6 Å². The molecule has 0 saturated heterocycles. The number of hydrogen-bond donors (Lipinski definition) is 1. The van der Waals surface area contributed by atoms with Crippen LogP contribution in [0.15, 0.2) is 77.8 Å². The summed E-state index contributed by atoms with van der Waals surface area (Å²) in [6.07, 6.45) is 6.65. The normalized spacial score (nSPS) is 19.8. The van der Waals surface area contributed by atoms with Crippen molar-refractivity contribution in [1.29, 1.82) is 0 Å². The standard InChI is InChI=1S/C26H27NO/c1-19-12-14-24(15-13-19)27-18-23-16-22(20-8-4-2-5-9-20)17-25(26(23)28)21-10-6-3-7-11-21/h2-11,16-19,24,28H,12-15H2,1H3. The van der Waals surface area contributed by atoms with Crippen LogP contribution in [-0.2, 0) is 0 Å².